The van der Waals surface area contributed by atoms with Crippen LogP contribution in [0, 0.1) is 11.0 Å². The van der Waals surface area contributed by atoms with Gasteiger partial charge in [0.15, 0.2) is 20.9 Å². The van der Waals surface area contributed by atoms with E-state index in [0.717, 1.165) is 30.7 Å². The van der Waals surface area contributed by atoms with E-state index in [-0.39, 0.29) is 16.0 Å². The zero-order chi connectivity index (χ0) is 15.8. The van der Waals surface area contributed by atoms with Crippen LogP contribution in [0.1, 0.15) is 10.4 Å². The number of hydrogen-bond donors (Lipinski definition) is 1. The van der Waals surface area contributed by atoms with Gasteiger partial charge in [0.25, 0.3) is 0 Å². The minimum absolute atomic E-state index is 0.106. The van der Waals surface area contributed by atoms with E-state index in [1.807, 2.05) is 0 Å². The first-order chi connectivity index (χ1) is 9.71. The highest BCUT2D eigenvalue weighted by Gasteiger charge is 2.30. The maximum Gasteiger partial charge on any atom is 0.337 e. The van der Waals surface area contributed by atoms with Gasteiger partial charge in [-0.05, 0) is 24.3 Å². The van der Waals surface area contributed by atoms with Crippen molar-refractivity contribution < 1.29 is 27.4 Å². The van der Waals surface area contributed by atoms with Crippen LogP contribution in [0.15, 0.2) is 41.4 Å². The van der Waals surface area contributed by atoms with Gasteiger partial charge in [0, 0.05) is 17.9 Å². The van der Waals surface area contributed by atoms with Crippen LogP contribution in [0.3, 0.4) is 0 Å². The zero-order valence-corrected chi connectivity index (χ0v) is 11.6. The standard InChI is InChI=1S/C13H10FNO5S/c1-21(19,20)12-10(13(16)17)6-7-15(18)11(12)8-2-4-9(14)5-3-8/h2-7H,1H3,(H,16,17). The molecule has 1 aromatic carbocycles. The largest absolute Gasteiger partial charge is 0.618 e. The first-order valence-corrected chi connectivity index (χ1v) is 7.56. The van der Waals surface area contributed by atoms with E-state index in [1.54, 1.807) is 0 Å². The number of pyridine rings is 1. The minimum Gasteiger partial charge on any atom is -0.618 e. The molecule has 0 bridgehead atoms. The Balaban J connectivity index is 2.90. The molecular weight excluding hydrogens is 301 g/mol. The molecule has 0 aliphatic heterocycles. The van der Waals surface area contributed by atoms with Gasteiger partial charge in [-0.3, -0.25) is 0 Å². The highest BCUT2D eigenvalue weighted by atomic mass is 32.2. The van der Waals surface area contributed by atoms with Crippen molar-refractivity contribution >= 4 is 15.8 Å². The van der Waals surface area contributed by atoms with E-state index >= 15 is 0 Å². The summed E-state index contributed by atoms with van der Waals surface area (Å²) in [7, 11) is -3.99. The second kappa shape index (κ2) is 5.13. The van der Waals surface area contributed by atoms with Gasteiger partial charge in [-0.1, -0.05) is 0 Å². The van der Waals surface area contributed by atoms with Crippen LogP contribution < -0.4 is 4.73 Å². The van der Waals surface area contributed by atoms with Gasteiger partial charge in [0.2, 0.25) is 5.69 Å². The Bertz CT molecular complexity index is 815. The van der Waals surface area contributed by atoms with Crippen LogP contribution in [-0.4, -0.2) is 25.7 Å². The molecule has 2 aromatic rings. The molecule has 21 heavy (non-hydrogen) atoms. The molecule has 1 aromatic heterocycles. The van der Waals surface area contributed by atoms with Gasteiger partial charge in [-0.2, -0.15) is 4.73 Å². The summed E-state index contributed by atoms with van der Waals surface area (Å²) in [6, 6.07) is 5.43. The highest BCUT2D eigenvalue weighted by molar-refractivity contribution is 7.91. The Hall–Kier alpha value is -2.48. The van der Waals surface area contributed by atoms with E-state index < -0.39 is 32.1 Å². The fraction of sp³-hybridized carbons (Fsp3) is 0.0769. The Morgan fingerprint density at radius 1 is 1.24 bits per heavy atom. The molecular formula is C13H10FNO5S. The zero-order valence-electron chi connectivity index (χ0n) is 10.8. The van der Waals surface area contributed by atoms with Crippen LogP contribution in [0.2, 0.25) is 0 Å². The number of hydrogen-bond acceptors (Lipinski definition) is 4. The molecule has 0 saturated heterocycles. The van der Waals surface area contributed by atoms with Crippen molar-refractivity contribution in [2.45, 2.75) is 4.90 Å². The molecule has 1 heterocycles. The van der Waals surface area contributed by atoms with E-state index in [1.165, 1.54) is 12.1 Å². The van der Waals surface area contributed by atoms with E-state index in [9.17, 15) is 22.8 Å². The quantitative estimate of drug-likeness (QED) is 0.679. The molecule has 0 spiro atoms. The van der Waals surface area contributed by atoms with Crippen molar-refractivity contribution in [3.63, 3.8) is 0 Å². The summed E-state index contributed by atoms with van der Waals surface area (Å²) in [5.74, 6) is -2.04. The molecule has 0 amide bonds. The number of sulfone groups is 1. The fourth-order valence-corrected chi connectivity index (χ4v) is 3.04. The van der Waals surface area contributed by atoms with Crippen molar-refractivity contribution in [2.75, 3.05) is 6.26 Å². The number of aromatic nitrogens is 1. The maximum atomic E-state index is 12.9. The average molecular weight is 311 g/mol. The van der Waals surface area contributed by atoms with E-state index in [0.29, 0.717) is 0 Å². The average Bonchev–Trinajstić information content (AvgIpc) is 2.38. The van der Waals surface area contributed by atoms with Crippen molar-refractivity contribution in [2.24, 2.45) is 0 Å². The number of carboxylic acids is 1. The summed E-state index contributed by atoms with van der Waals surface area (Å²) in [5, 5.41) is 21.0. The normalized spacial score (nSPS) is 11.3. The molecule has 0 atom stereocenters. The Labute approximate surface area is 119 Å². The molecule has 0 aliphatic rings. The first kappa shape index (κ1) is 14.9. The number of carbonyl (C=O) groups is 1. The summed E-state index contributed by atoms with van der Waals surface area (Å²) in [6.07, 6.45) is 1.71. The number of benzene rings is 1. The number of aromatic carboxylic acids is 1. The lowest BCUT2D eigenvalue weighted by atomic mass is 10.1. The number of halogens is 1. The number of rotatable bonds is 3. The molecule has 0 unspecified atom stereocenters. The van der Waals surface area contributed by atoms with Gasteiger partial charge < -0.3 is 10.3 Å². The lowest BCUT2D eigenvalue weighted by Crippen LogP contribution is -2.32. The van der Waals surface area contributed by atoms with Crippen LogP contribution in [0.5, 0.6) is 0 Å². The summed E-state index contributed by atoms with van der Waals surface area (Å²) >= 11 is 0. The molecule has 8 heteroatoms. The highest BCUT2D eigenvalue weighted by Crippen LogP contribution is 2.27. The van der Waals surface area contributed by atoms with Gasteiger partial charge in [-0.25, -0.2) is 17.6 Å². The lowest BCUT2D eigenvalue weighted by molar-refractivity contribution is -0.595. The molecule has 2 rings (SSSR count). The lowest BCUT2D eigenvalue weighted by Gasteiger charge is -2.11. The fourth-order valence-electron chi connectivity index (χ4n) is 1.93. The first-order valence-electron chi connectivity index (χ1n) is 5.67. The van der Waals surface area contributed by atoms with Crippen molar-refractivity contribution in [3.05, 3.63) is 53.1 Å². The van der Waals surface area contributed by atoms with Crippen LogP contribution >= 0.6 is 0 Å². The van der Waals surface area contributed by atoms with Crippen molar-refractivity contribution in [3.8, 4) is 11.3 Å². The van der Waals surface area contributed by atoms with Crippen LogP contribution in [0.4, 0.5) is 4.39 Å². The maximum absolute atomic E-state index is 12.9. The predicted octanol–water partition coefficient (Wildman–Crippen LogP) is 1.23. The molecule has 0 radical (unpaired) electrons. The summed E-state index contributed by atoms with van der Waals surface area (Å²) in [4.78, 5) is 10.6. The summed E-state index contributed by atoms with van der Waals surface area (Å²) in [6.45, 7) is 0. The molecule has 0 saturated carbocycles. The summed E-state index contributed by atoms with van der Waals surface area (Å²) < 4.78 is 37.0. The third-order valence-electron chi connectivity index (χ3n) is 2.78. The number of nitrogens with zero attached hydrogens (tertiary/aromatic N) is 1. The van der Waals surface area contributed by atoms with Gasteiger partial charge in [0.05, 0.1) is 5.56 Å². The molecule has 110 valence electrons. The number of carboxylic acid groups (broad SMARTS) is 1. The minimum atomic E-state index is -3.99. The molecule has 0 fully saturated rings. The van der Waals surface area contributed by atoms with Crippen molar-refractivity contribution in [1.29, 1.82) is 0 Å². The van der Waals surface area contributed by atoms with E-state index in [4.69, 9.17) is 5.11 Å². The van der Waals surface area contributed by atoms with Gasteiger partial charge >= 0.3 is 5.97 Å². The second-order valence-corrected chi connectivity index (χ2v) is 6.27. The van der Waals surface area contributed by atoms with Crippen molar-refractivity contribution in [1.82, 2.24) is 0 Å². The van der Waals surface area contributed by atoms with Crippen LogP contribution in [-0.2, 0) is 9.84 Å². The Morgan fingerprint density at radius 3 is 2.29 bits per heavy atom. The third-order valence-corrected chi connectivity index (χ3v) is 3.93. The van der Waals surface area contributed by atoms with Crippen LogP contribution in [0.25, 0.3) is 11.3 Å². The van der Waals surface area contributed by atoms with E-state index in [2.05, 4.69) is 0 Å². The van der Waals surface area contributed by atoms with Gasteiger partial charge in [-0.15, -0.1) is 0 Å². The predicted molar refractivity (Wildman–Crippen MR) is 70.9 cm³/mol. The molecule has 0 aliphatic carbocycles. The SMILES string of the molecule is CS(=O)(=O)c1c(C(=O)O)cc[n+]([O-])c1-c1ccc(F)cc1. The summed E-state index contributed by atoms with van der Waals surface area (Å²) in [5.41, 5.74) is -0.753. The Morgan fingerprint density at radius 2 is 1.81 bits per heavy atom. The third kappa shape index (κ3) is 2.84. The topological polar surface area (TPSA) is 98.4 Å². The molecule has 6 nitrogen and oxygen atoms in total. The second-order valence-electron chi connectivity index (χ2n) is 4.32. The smallest absolute Gasteiger partial charge is 0.337 e. The Kier molecular flexibility index (Phi) is 3.65. The van der Waals surface area contributed by atoms with Gasteiger partial charge in [0.1, 0.15) is 5.82 Å². The monoisotopic (exact) mass is 311 g/mol. The molecule has 1 N–H and O–H groups in total.